The zero-order valence-corrected chi connectivity index (χ0v) is 12.9. The fourth-order valence-corrected chi connectivity index (χ4v) is 3.03. The summed E-state index contributed by atoms with van der Waals surface area (Å²) < 4.78 is 0. The molecule has 1 unspecified atom stereocenters. The van der Waals surface area contributed by atoms with E-state index in [0.717, 1.165) is 18.4 Å². The molecule has 1 saturated carbocycles. The van der Waals surface area contributed by atoms with Crippen LogP contribution in [-0.2, 0) is 0 Å². The minimum Gasteiger partial charge on any atom is -0.389 e. The van der Waals surface area contributed by atoms with E-state index in [1.165, 1.54) is 12.8 Å². The third-order valence-corrected chi connectivity index (χ3v) is 4.19. The number of hydrogen-bond acceptors (Lipinski definition) is 2. The van der Waals surface area contributed by atoms with Crippen molar-refractivity contribution in [3.8, 4) is 0 Å². The molecule has 0 saturated heterocycles. The van der Waals surface area contributed by atoms with E-state index in [-0.39, 0.29) is 11.9 Å². The molecule has 1 amide bonds. The third-order valence-electron chi connectivity index (χ3n) is 3.95. The smallest absolute Gasteiger partial charge is 0.251 e. The van der Waals surface area contributed by atoms with Gasteiger partial charge in [-0.2, -0.15) is 0 Å². The van der Waals surface area contributed by atoms with Crippen molar-refractivity contribution < 1.29 is 4.79 Å². The molecule has 108 valence electrons. The van der Waals surface area contributed by atoms with Gasteiger partial charge in [-0.25, -0.2) is 0 Å². The second-order valence-corrected chi connectivity index (χ2v) is 6.82. The molecule has 3 nitrogen and oxygen atoms in total. The number of amides is 1. The normalized spacial score (nSPS) is 21.2. The van der Waals surface area contributed by atoms with Crippen molar-refractivity contribution in [1.82, 2.24) is 5.32 Å². The second-order valence-electron chi connectivity index (χ2n) is 6.38. The molecule has 0 heterocycles. The van der Waals surface area contributed by atoms with Crippen molar-refractivity contribution >= 4 is 23.1 Å². The Morgan fingerprint density at radius 2 is 2.10 bits per heavy atom. The fraction of sp³-hybridized carbons (Fsp3) is 0.500. The van der Waals surface area contributed by atoms with E-state index < -0.39 is 0 Å². The van der Waals surface area contributed by atoms with Crippen molar-refractivity contribution in [2.24, 2.45) is 11.1 Å². The molecular weight excluding hydrogens is 268 g/mol. The van der Waals surface area contributed by atoms with Crippen LogP contribution in [0.3, 0.4) is 0 Å². The number of rotatable bonds is 3. The Kier molecular flexibility index (Phi) is 4.43. The number of hydrogen-bond donors (Lipinski definition) is 2. The molecule has 1 aliphatic carbocycles. The predicted octanol–water partition coefficient (Wildman–Crippen LogP) is 3.02. The van der Waals surface area contributed by atoms with E-state index in [9.17, 15) is 4.79 Å². The molecule has 0 spiro atoms. The van der Waals surface area contributed by atoms with Crippen LogP contribution in [0.5, 0.6) is 0 Å². The first-order chi connectivity index (χ1) is 9.37. The standard InChI is InChI=1S/C16H22N2OS/c1-16(2)8-4-7-13(10-16)18-15(19)12-6-3-5-11(9-12)14(17)20/h3,5-6,9,13H,4,7-8,10H2,1-2H3,(H2,17,20)(H,18,19). The Morgan fingerprint density at radius 3 is 2.75 bits per heavy atom. The lowest BCUT2D eigenvalue weighted by Crippen LogP contribution is -2.40. The van der Waals surface area contributed by atoms with E-state index in [1.54, 1.807) is 12.1 Å². The average molecular weight is 290 g/mol. The number of benzene rings is 1. The maximum absolute atomic E-state index is 12.3. The monoisotopic (exact) mass is 290 g/mol. The van der Waals surface area contributed by atoms with E-state index in [4.69, 9.17) is 18.0 Å². The molecule has 20 heavy (non-hydrogen) atoms. The summed E-state index contributed by atoms with van der Waals surface area (Å²) in [4.78, 5) is 12.6. The van der Waals surface area contributed by atoms with E-state index in [2.05, 4.69) is 19.2 Å². The summed E-state index contributed by atoms with van der Waals surface area (Å²) in [6, 6.07) is 7.45. The summed E-state index contributed by atoms with van der Waals surface area (Å²) >= 11 is 4.95. The lowest BCUT2D eigenvalue weighted by Gasteiger charge is -2.35. The van der Waals surface area contributed by atoms with Gasteiger partial charge >= 0.3 is 0 Å². The van der Waals surface area contributed by atoms with Crippen molar-refractivity contribution in [3.05, 3.63) is 35.4 Å². The molecule has 0 aromatic heterocycles. The summed E-state index contributed by atoms with van der Waals surface area (Å²) in [5.41, 5.74) is 7.28. The highest BCUT2D eigenvalue weighted by atomic mass is 32.1. The minimum absolute atomic E-state index is 0.0363. The summed E-state index contributed by atoms with van der Waals surface area (Å²) in [6.45, 7) is 4.53. The van der Waals surface area contributed by atoms with Gasteiger partial charge in [-0.3, -0.25) is 4.79 Å². The Balaban J connectivity index is 2.05. The summed E-state index contributed by atoms with van der Waals surface area (Å²) in [6.07, 6.45) is 4.50. The van der Waals surface area contributed by atoms with Gasteiger partial charge in [0.1, 0.15) is 4.99 Å². The maximum atomic E-state index is 12.3. The molecule has 0 bridgehead atoms. The van der Waals surface area contributed by atoms with Crippen LogP contribution in [0.15, 0.2) is 24.3 Å². The Labute approximate surface area is 125 Å². The summed E-state index contributed by atoms with van der Waals surface area (Å²) in [5.74, 6) is -0.0363. The van der Waals surface area contributed by atoms with Gasteiger partial charge < -0.3 is 11.1 Å². The Morgan fingerprint density at radius 1 is 1.40 bits per heavy atom. The van der Waals surface area contributed by atoms with Gasteiger partial charge in [0.05, 0.1) is 0 Å². The first-order valence-corrected chi connectivity index (χ1v) is 7.49. The number of nitrogens with one attached hydrogen (secondary N) is 1. The van der Waals surface area contributed by atoms with E-state index in [0.29, 0.717) is 16.0 Å². The van der Waals surface area contributed by atoms with Crippen molar-refractivity contribution in [2.75, 3.05) is 0 Å². The molecule has 4 heteroatoms. The average Bonchev–Trinajstić information content (AvgIpc) is 2.37. The molecule has 0 aliphatic heterocycles. The highest BCUT2D eigenvalue weighted by Gasteiger charge is 2.28. The molecular formula is C16H22N2OS. The molecule has 1 aliphatic rings. The lowest BCUT2D eigenvalue weighted by atomic mass is 9.75. The third kappa shape index (κ3) is 3.79. The van der Waals surface area contributed by atoms with Crippen LogP contribution >= 0.6 is 12.2 Å². The van der Waals surface area contributed by atoms with Crippen LogP contribution in [0, 0.1) is 5.41 Å². The summed E-state index contributed by atoms with van der Waals surface area (Å²) in [7, 11) is 0. The second kappa shape index (κ2) is 5.92. The van der Waals surface area contributed by atoms with Crippen LogP contribution in [0.2, 0.25) is 0 Å². The predicted molar refractivity (Wildman–Crippen MR) is 85.8 cm³/mol. The van der Waals surface area contributed by atoms with Gasteiger partial charge in [0.2, 0.25) is 0 Å². The van der Waals surface area contributed by atoms with Gasteiger partial charge in [-0.05, 0) is 36.8 Å². The zero-order valence-electron chi connectivity index (χ0n) is 12.1. The van der Waals surface area contributed by atoms with Gasteiger partial charge in [0.25, 0.3) is 5.91 Å². The van der Waals surface area contributed by atoms with E-state index >= 15 is 0 Å². The molecule has 1 aromatic rings. The maximum Gasteiger partial charge on any atom is 0.251 e. The number of carbonyl (C=O) groups excluding carboxylic acids is 1. The van der Waals surface area contributed by atoms with Crippen LogP contribution in [0.1, 0.15) is 55.5 Å². The number of thiocarbonyl (C=S) groups is 1. The van der Waals surface area contributed by atoms with Crippen LogP contribution in [0.4, 0.5) is 0 Å². The fourth-order valence-electron chi connectivity index (χ4n) is 2.90. The van der Waals surface area contributed by atoms with Crippen LogP contribution in [0.25, 0.3) is 0 Å². The molecule has 3 N–H and O–H groups in total. The number of nitrogens with two attached hydrogens (primary N) is 1. The molecule has 1 aromatic carbocycles. The van der Waals surface area contributed by atoms with Crippen molar-refractivity contribution in [1.29, 1.82) is 0 Å². The molecule has 0 radical (unpaired) electrons. The Hall–Kier alpha value is -1.42. The topological polar surface area (TPSA) is 55.1 Å². The minimum atomic E-state index is -0.0363. The first kappa shape index (κ1) is 15.0. The van der Waals surface area contributed by atoms with Gasteiger partial charge in [-0.1, -0.05) is 44.6 Å². The molecule has 1 atom stereocenters. The molecule has 1 fully saturated rings. The molecule has 2 rings (SSSR count). The highest BCUT2D eigenvalue weighted by molar-refractivity contribution is 7.80. The van der Waals surface area contributed by atoms with Gasteiger partial charge in [0.15, 0.2) is 0 Å². The lowest BCUT2D eigenvalue weighted by molar-refractivity contribution is 0.0902. The Bertz CT molecular complexity index is 525. The van der Waals surface area contributed by atoms with Gasteiger partial charge in [-0.15, -0.1) is 0 Å². The summed E-state index contributed by atoms with van der Waals surface area (Å²) in [5, 5.41) is 3.13. The highest BCUT2D eigenvalue weighted by Crippen LogP contribution is 2.35. The largest absolute Gasteiger partial charge is 0.389 e. The van der Waals surface area contributed by atoms with Crippen molar-refractivity contribution in [2.45, 2.75) is 45.6 Å². The van der Waals surface area contributed by atoms with Crippen molar-refractivity contribution in [3.63, 3.8) is 0 Å². The first-order valence-electron chi connectivity index (χ1n) is 7.08. The number of carbonyl (C=O) groups is 1. The zero-order chi connectivity index (χ0) is 14.8. The quantitative estimate of drug-likeness (QED) is 0.841. The SMILES string of the molecule is CC1(C)CCCC(NC(=O)c2cccc(C(N)=S)c2)C1. The van der Waals surface area contributed by atoms with Crippen LogP contribution in [-0.4, -0.2) is 16.9 Å². The van der Waals surface area contributed by atoms with E-state index in [1.807, 2.05) is 12.1 Å². The van der Waals surface area contributed by atoms with Crippen LogP contribution < -0.4 is 11.1 Å². The van der Waals surface area contributed by atoms with Gasteiger partial charge in [0, 0.05) is 17.2 Å².